The van der Waals surface area contributed by atoms with E-state index >= 15 is 0 Å². The number of benzene rings is 1. The van der Waals surface area contributed by atoms with Crippen molar-refractivity contribution in [3.8, 4) is 5.75 Å². The fraction of sp³-hybridized carbons (Fsp3) is 0.500. The standard InChI is InChI=1S/C14H19NO3/c1-2-14(9-15,13(16)17)7-10-8-18-12-6-4-3-5-11(10)12/h3-6,10H,2,7-9,15H2,1H3,(H,16,17). The molecule has 1 heterocycles. The van der Waals surface area contributed by atoms with Crippen LogP contribution in [0.4, 0.5) is 0 Å². The lowest BCUT2D eigenvalue weighted by Gasteiger charge is -2.28. The number of nitrogens with two attached hydrogens (primary N) is 1. The molecule has 18 heavy (non-hydrogen) atoms. The predicted octanol–water partition coefficient (Wildman–Crippen LogP) is 1.99. The summed E-state index contributed by atoms with van der Waals surface area (Å²) in [7, 11) is 0. The predicted molar refractivity (Wildman–Crippen MR) is 68.7 cm³/mol. The molecule has 0 radical (unpaired) electrons. The maximum atomic E-state index is 11.5. The molecule has 3 N–H and O–H groups in total. The van der Waals surface area contributed by atoms with Crippen molar-refractivity contribution in [1.82, 2.24) is 0 Å². The van der Waals surface area contributed by atoms with Crippen molar-refractivity contribution in [3.05, 3.63) is 29.8 Å². The zero-order valence-corrected chi connectivity index (χ0v) is 10.6. The van der Waals surface area contributed by atoms with Crippen LogP contribution in [0, 0.1) is 5.41 Å². The van der Waals surface area contributed by atoms with E-state index in [0.29, 0.717) is 19.4 Å². The van der Waals surface area contributed by atoms with Crippen molar-refractivity contribution >= 4 is 5.97 Å². The normalized spacial score (nSPS) is 20.9. The molecule has 98 valence electrons. The van der Waals surface area contributed by atoms with E-state index in [-0.39, 0.29) is 12.5 Å². The number of carboxylic acids is 1. The van der Waals surface area contributed by atoms with E-state index in [9.17, 15) is 9.90 Å². The monoisotopic (exact) mass is 249 g/mol. The van der Waals surface area contributed by atoms with Gasteiger partial charge in [0.15, 0.2) is 0 Å². The second kappa shape index (κ2) is 4.98. The number of carbonyl (C=O) groups is 1. The average Bonchev–Trinajstić information content (AvgIpc) is 2.79. The number of para-hydroxylation sites is 1. The minimum atomic E-state index is -0.842. The molecule has 0 amide bonds. The van der Waals surface area contributed by atoms with E-state index in [0.717, 1.165) is 11.3 Å². The summed E-state index contributed by atoms with van der Waals surface area (Å²) in [5.41, 5.74) is 5.96. The molecule has 0 aliphatic carbocycles. The Morgan fingerprint density at radius 2 is 2.28 bits per heavy atom. The van der Waals surface area contributed by atoms with Gasteiger partial charge in [0.1, 0.15) is 5.75 Å². The number of aliphatic carboxylic acids is 1. The highest BCUT2D eigenvalue weighted by atomic mass is 16.5. The van der Waals surface area contributed by atoms with Crippen LogP contribution in [0.2, 0.25) is 0 Å². The summed E-state index contributed by atoms with van der Waals surface area (Å²) in [4.78, 5) is 11.5. The smallest absolute Gasteiger partial charge is 0.310 e. The van der Waals surface area contributed by atoms with E-state index < -0.39 is 11.4 Å². The van der Waals surface area contributed by atoms with E-state index in [2.05, 4.69) is 0 Å². The van der Waals surface area contributed by atoms with Crippen LogP contribution < -0.4 is 10.5 Å². The topological polar surface area (TPSA) is 72.5 Å². The SMILES string of the molecule is CCC(CN)(CC1COc2ccccc21)C(=O)O. The van der Waals surface area contributed by atoms with Gasteiger partial charge < -0.3 is 15.6 Å². The van der Waals surface area contributed by atoms with Gasteiger partial charge in [-0.05, 0) is 18.9 Å². The van der Waals surface area contributed by atoms with E-state index in [1.807, 2.05) is 31.2 Å². The minimum Gasteiger partial charge on any atom is -0.493 e. The van der Waals surface area contributed by atoms with Crippen LogP contribution in [-0.4, -0.2) is 24.2 Å². The highest BCUT2D eigenvalue weighted by molar-refractivity contribution is 5.75. The van der Waals surface area contributed by atoms with Crippen LogP contribution in [0.15, 0.2) is 24.3 Å². The van der Waals surface area contributed by atoms with Crippen molar-refractivity contribution in [1.29, 1.82) is 0 Å². The Kier molecular flexibility index (Phi) is 3.57. The molecular formula is C14H19NO3. The van der Waals surface area contributed by atoms with Crippen LogP contribution in [0.1, 0.15) is 31.2 Å². The molecule has 1 aliphatic rings. The van der Waals surface area contributed by atoms with E-state index in [1.54, 1.807) is 0 Å². The van der Waals surface area contributed by atoms with Gasteiger partial charge in [-0.1, -0.05) is 25.1 Å². The number of rotatable bonds is 5. The fourth-order valence-electron chi connectivity index (χ4n) is 2.57. The van der Waals surface area contributed by atoms with Crippen molar-refractivity contribution in [2.24, 2.45) is 11.1 Å². The van der Waals surface area contributed by atoms with Crippen LogP contribution in [0.5, 0.6) is 5.75 Å². The summed E-state index contributed by atoms with van der Waals surface area (Å²) in [6.45, 7) is 2.59. The fourth-order valence-corrected chi connectivity index (χ4v) is 2.57. The molecule has 0 spiro atoms. The average molecular weight is 249 g/mol. The van der Waals surface area contributed by atoms with Gasteiger partial charge in [0.2, 0.25) is 0 Å². The Morgan fingerprint density at radius 1 is 1.56 bits per heavy atom. The molecule has 0 saturated heterocycles. The summed E-state index contributed by atoms with van der Waals surface area (Å²) < 4.78 is 5.59. The molecule has 4 heteroatoms. The van der Waals surface area contributed by atoms with Gasteiger partial charge in [0.25, 0.3) is 0 Å². The number of ether oxygens (including phenoxy) is 1. The second-order valence-electron chi connectivity index (χ2n) is 4.89. The highest BCUT2D eigenvalue weighted by Gasteiger charge is 2.40. The van der Waals surface area contributed by atoms with Crippen molar-refractivity contribution in [3.63, 3.8) is 0 Å². The van der Waals surface area contributed by atoms with Gasteiger partial charge in [-0.2, -0.15) is 0 Å². The van der Waals surface area contributed by atoms with Crippen LogP contribution in [0.3, 0.4) is 0 Å². The van der Waals surface area contributed by atoms with Crippen molar-refractivity contribution in [2.75, 3.05) is 13.2 Å². The highest BCUT2D eigenvalue weighted by Crippen LogP contribution is 2.41. The van der Waals surface area contributed by atoms with Crippen LogP contribution in [0.25, 0.3) is 0 Å². The Hall–Kier alpha value is -1.55. The first-order valence-electron chi connectivity index (χ1n) is 6.28. The van der Waals surface area contributed by atoms with Gasteiger partial charge in [-0.3, -0.25) is 4.79 Å². The van der Waals surface area contributed by atoms with Gasteiger partial charge >= 0.3 is 5.97 Å². The molecule has 2 atom stereocenters. The Bertz CT molecular complexity index is 440. The largest absolute Gasteiger partial charge is 0.493 e. The first-order chi connectivity index (χ1) is 8.63. The van der Waals surface area contributed by atoms with Crippen molar-refractivity contribution in [2.45, 2.75) is 25.7 Å². The summed E-state index contributed by atoms with van der Waals surface area (Å²) in [6, 6.07) is 7.81. The molecule has 1 aromatic rings. The zero-order chi connectivity index (χ0) is 13.2. The van der Waals surface area contributed by atoms with Crippen LogP contribution in [-0.2, 0) is 4.79 Å². The van der Waals surface area contributed by atoms with E-state index in [1.165, 1.54) is 0 Å². The summed E-state index contributed by atoms with van der Waals surface area (Å²) in [5.74, 6) is 0.188. The molecule has 0 aromatic heterocycles. The molecule has 0 saturated carbocycles. The summed E-state index contributed by atoms with van der Waals surface area (Å²) in [6.07, 6.45) is 1.07. The van der Waals surface area contributed by atoms with E-state index in [4.69, 9.17) is 10.5 Å². The third kappa shape index (κ3) is 2.08. The molecule has 0 fully saturated rings. The molecule has 1 aromatic carbocycles. The van der Waals surface area contributed by atoms with Gasteiger partial charge in [0, 0.05) is 18.0 Å². The van der Waals surface area contributed by atoms with Crippen molar-refractivity contribution < 1.29 is 14.6 Å². The molecule has 4 nitrogen and oxygen atoms in total. The minimum absolute atomic E-state index is 0.126. The Morgan fingerprint density at radius 3 is 2.89 bits per heavy atom. The second-order valence-corrected chi connectivity index (χ2v) is 4.89. The Labute approximate surface area is 107 Å². The summed E-state index contributed by atoms with van der Waals surface area (Å²) in [5, 5.41) is 9.41. The number of fused-ring (bicyclic) bond motifs is 1. The number of carboxylic acid groups (broad SMARTS) is 1. The lowest BCUT2D eigenvalue weighted by atomic mass is 9.75. The maximum Gasteiger partial charge on any atom is 0.310 e. The lowest BCUT2D eigenvalue weighted by molar-refractivity contribution is -0.149. The quantitative estimate of drug-likeness (QED) is 0.837. The first-order valence-corrected chi connectivity index (χ1v) is 6.28. The third-order valence-corrected chi connectivity index (χ3v) is 3.96. The molecule has 2 rings (SSSR count). The Balaban J connectivity index is 2.22. The lowest BCUT2D eigenvalue weighted by Crippen LogP contribution is -2.39. The number of hydrogen-bond acceptors (Lipinski definition) is 3. The molecular weight excluding hydrogens is 230 g/mol. The maximum absolute atomic E-state index is 11.5. The van der Waals surface area contributed by atoms with Crippen LogP contribution >= 0.6 is 0 Å². The number of hydrogen-bond donors (Lipinski definition) is 2. The molecule has 1 aliphatic heterocycles. The zero-order valence-electron chi connectivity index (χ0n) is 10.6. The summed E-state index contributed by atoms with van der Waals surface area (Å²) >= 11 is 0. The molecule has 2 unspecified atom stereocenters. The third-order valence-electron chi connectivity index (χ3n) is 3.96. The first kappa shape index (κ1) is 12.9. The van der Waals surface area contributed by atoms with Gasteiger partial charge in [-0.15, -0.1) is 0 Å². The van der Waals surface area contributed by atoms with Gasteiger partial charge in [0.05, 0.1) is 12.0 Å². The van der Waals surface area contributed by atoms with Gasteiger partial charge in [-0.25, -0.2) is 0 Å². The molecule has 0 bridgehead atoms.